The minimum absolute atomic E-state index is 0.0816. The first-order chi connectivity index (χ1) is 8.77. The van der Waals surface area contributed by atoms with Crippen LogP contribution < -0.4 is 0 Å². The first kappa shape index (κ1) is 13.9. The topological polar surface area (TPSA) is 34.1 Å². The smallest absolute Gasteiger partial charge is 0.207 e. The molecule has 0 amide bonds. The Morgan fingerprint density at radius 2 is 1.53 bits per heavy atom. The molecule has 0 aliphatic rings. The lowest BCUT2D eigenvalue weighted by molar-refractivity contribution is 0.509. The van der Waals surface area contributed by atoms with Crippen molar-refractivity contribution in [1.29, 1.82) is 0 Å². The van der Waals surface area contributed by atoms with Crippen molar-refractivity contribution in [1.82, 2.24) is 0 Å². The average Bonchev–Trinajstić information content (AvgIpc) is 2.31. The van der Waals surface area contributed by atoms with Crippen LogP contribution in [-0.4, -0.2) is 8.42 Å². The molecule has 0 unspecified atom stereocenters. The number of halogens is 4. The maximum atomic E-state index is 13.3. The molecule has 7 heteroatoms. The van der Waals surface area contributed by atoms with Crippen LogP contribution in [0.4, 0.5) is 13.2 Å². The van der Waals surface area contributed by atoms with Crippen LogP contribution in [0, 0.1) is 17.5 Å². The van der Waals surface area contributed by atoms with Crippen molar-refractivity contribution in [2.45, 2.75) is 4.90 Å². The van der Waals surface area contributed by atoms with Crippen LogP contribution in [-0.2, 0) is 9.05 Å². The summed E-state index contributed by atoms with van der Waals surface area (Å²) in [6.45, 7) is 0. The van der Waals surface area contributed by atoms with Crippen LogP contribution in [0.25, 0.3) is 11.1 Å². The van der Waals surface area contributed by atoms with E-state index in [0.29, 0.717) is 0 Å². The van der Waals surface area contributed by atoms with E-state index < -0.39 is 31.4 Å². The summed E-state index contributed by atoms with van der Waals surface area (Å²) in [6, 6.07) is 5.74. The summed E-state index contributed by atoms with van der Waals surface area (Å²) >= 11 is 0. The Morgan fingerprint density at radius 3 is 2.11 bits per heavy atom. The van der Waals surface area contributed by atoms with Gasteiger partial charge < -0.3 is 0 Å². The van der Waals surface area contributed by atoms with Gasteiger partial charge in [0.25, 0.3) is 9.05 Å². The fraction of sp³-hybridized carbons (Fsp3) is 0. The molecule has 19 heavy (non-hydrogen) atoms. The van der Waals surface area contributed by atoms with E-state index in [9.17, 15) is 21.6 Å². The summed E-state index contributed by atoms with van der Waals surface area (Å²) in [5, 5.41) is 0. The molecule has 100 valence electrons. The van der Waals surface area contributed by atoms with Crippen molar-refractivity contribution >= 4 is 19.7 Å². The Labute approximate surface area is 111 Å². The van der Waals surface area contributed by atoms with Gasteiger partial charge in [-0.1, -0.05) is 6.07 Å². The van der Waals surface area contributed by atoms with E-state index in [-0.39, 0.29) is 11.1 Å². The van der Waals surface area contributed by atoms with E-state index in [2.05, 4.69) is 0 Å². The van der Waals surface area contributed by atoms with Gasteiger partial charge in [0.1, 0.15) is 5.82 Å². The molecular weight excluding hydrogens is 301 g/mol. The number of hydrogen-bond donors (Lipinski definition) is 0. The molecular formula is C12H6ClF3O2S. The lowest BCUT2D eigenvalue weighted by atomic mass is 10.1. The standard InChI is InChI=1S/C12H6ClF3O2S/c13-19(17,18)10-4-8(3-9(14)6-10)7-1-2-11(15)12(16)5-7/h1-6H. The zero-order valence-corrected chi connectivity index (χ0v) is 10.8. The highest BCUT2D eigenvalue weighted by molar-refractivity contribution is 8.13. The average molecular weight is 307 g/mol. The third-order valence-electron chi connectivity index (χ3n) is 2.41. The number of benzene rings is 2. The zero-order chi connectivity index (χ0) is 14.2. The van der Waals surface area contributed by atoms with Gasteiger partial charge in [0, 0.05) is 10.7 Å². The molecule has 0 fully saturated rings. The van der Waals surface area contributed by atoms with Crippen molar-refractivity contribution in [3.8, 4) is 11.1 Å². The van der Waals surface area contributed by atoms with E-state index in [1.165, 1.54) is 6.07 Å². The highest BCUT2D eigenvalue weighted by atomic mass is 35.7. The largest absolute Gasteiger partial charge is 0.261 e. The second kappa shape index (κ2) is 4.86. The molecule has 0 aromatic heterocycles. The predicted octanol–water partition coefficient (Wildman–Crippen LogP) is 3.70. The molecule has 0 aliphatic carbocycles. The fourth-order valence-electron chi connectivity index (χ4n) is 1.55. The van der Waals surface area contributed by atoms with Gasteiger partial charge in [0.15, 0.2) is 11.6 Å². The van der Waals surface area contributed by atoms with Gasteiger partial charge in [-0.25, -0.2) is 21.6 Å². The summed E-state index contributed by atoms with van der Waals surface area (Å²) in [6.07, 6.45) is 0. The Balaban J connectivity index is 2.62. The Bertz CT molecular complexity index is 745. The lowest BCUT2D eigenvalue weighted by Crippen LogP contribution is -1.94. The van der Waals surface area contributed by atoms with Gasteiger partial charge in [-0.3, -0.25) is 0 Å². The number of hydrogen-bond acceptors (Lipinski definition) is 2. The van der Waals surface area contributed by atoms with E-state index in [1.807, 2.05) is 0 Å². The van der Waals surface area contributed by atoms with Crippen molar-refractivity contribution in [3.05, 3.63) is 53.8 Å². The van der Waals surface area contributed by atoms with Crippen LogP contribution in [0.15, 0.2) is 41.3 Å². The van der Waals surface area contributed by atoms with Crippen molar-refractivity contribution in [2.24, 2.45) is 0 Å². The van der Waals surface area contributed by atoms with Crippen LogP contribution in [0.3, 0.4) is 0 Å². The Hall–Kier alpha value is -1.53. The fourth-order valence-corrected chi connectivity index (χ4v) is 2.33. The molecule has 0 aliphatic heterocycles. The minimum Gasteiger partial charge on any atom is -0.207 e. The van der Waals surface area contributed by atoms with Gasteiger partial charge in [0.05, 0.1) is 4.90 Å². The molecule has 2 rings (SSSR count). The van der Waals surface area contributed by atoms with Crippen molar-refractivity contribution < 1.29 is 21.6 Å². The van der Waals surface area contributed by atoms with E-state index in [4.69, 9.17) is 10.7 Å². The van der Waals surface area contributed by atoms with E-state index in [0.717, 1.165) is 30.3 Å². The van der Waals surface area contributed by atoms with Crippen molar-refractivity contribution in [2.75, 3.05) is 0 Å². The molecule has 2 aromatic carbocycles. The van der Waals surface area contributed by atoms with Crippen LogP contribution >= 0.6 is 10.7 Å². The predicted molar refractivity (Wildman–Crippen MR) is 64.8 cm³/mol. The SMILES string of the molecule is O=S(=O)(Cl)c1cc(F)cc(-c2ccc(F)c(F)c2)c1. The van der Waals surface area contributed by atoms with E-state index >= 15 is 0 Å². The monoisotopic (exact) mass is 306 g/mol. The second-order valence-electron chi connectivity index (χ2n) is 3.74. The molecule has 0 radical (unpaired) electrons. The van der Waals surface area contributed by atoms with E-state index in [1.54, 1.807) is 0 Å². The van der Waals surface area contributed by atoms with Crippen LogP contribution in [0.1, 0.15) is 0 Å². The van der Waals surface area contributed by atoms with Gasteiger partial charge in [-0.15, -0.1) is 0 Å². The normalized spacial score (nSPS) is 11.6. The van der Waals surface area contributed by atoms with Crippen LogP contribution in [0.5, 0.6) is 0 Å². The third kappa shape index (κ3) is 3.08. The third-order valence-corrected chi connectivity index (χ3v) is 3.74. The molecule has 0 heterocycles. The minimum atomic E-state index is -4.11. The summed E-state index contributed by atoms with van der Waals surface area (Å²) < 4.78 is 61.5. The summed E-state index contributed by atoms with van der Waals surface area (Å²) in [5.74, 6) is -3.01. The summed E-state index contributed by atoms with van der Waals surface area (Å²) in [7, 11) is 1.01. The molecule has 0 spiro atoms. The summed E-state index contributed by atoms with van der Waals surface area (Å²) in [5.41, 5.74) is 0.220. The van der Waals surface area contributed by atoms with Gasteiger partial charge in [-0.05, 0) is 41.5 Å². The molecule has 0 atom stereocenters. The molecule has 0 saturated heterocycles. The molecule has 2 nitrogen and oxygen atoms in total. The molecule has 0 saturated carbocycles. The Kier molecular flexibility index (Phi) is 3.56. The van der Waals surface area contributed by atoms with Crippen molar-refractivity contribution in [3.63, 3.8) is 0 Å². The highest BCUT2D eigenvalue weighted by Crippen LogP contribution is 2.26. The molecule has 2 aromatic rings. The quantitative estimate of drug-likeness (QED) is 0.793. The number of rotatable bonds is 2. The maximum absolute atomic E-state index is 13.3. The zero-order valence-electron chi connectivity index (χ0n) is 9.20. The lowest BCUT2D eigenvalue weighted by Gasteiger charge is -2.05. The summed E-state index contributed by atoms with van der Waals surface area (Å²) in [4.78, 5) is -0.450. The Morgan fingerprint density at radius 1 is 0.842 bits per heavy atom. The highest BCUT2D eigenvalue weighted by Gasteiger charge is 2.14. The molecule has 0 N–H and O–H groups in total. The first-order valence-electron chi connectivity index (χ1n) is 4.98. The first-order valence-corrected chi connectivity index (χ1v) is 7.29. The van der Waals surface area contributed by atoms with Crippen LogP contribution in [0.2, 0.25) is 0 Å². The van der Waals surface area contributed by atoms with Gasteiger partial charge in [0.2, 0.25) is 0 Å². The molecule has 0 bridgehead atoms. The van der Waals surface area contributed by atoms with Gasteiger partial charge in [-0.2, -0.15) is 0 Å². The second-order valence-corrected chi connectivity index (χ2v) is 6.31. The van der Waals surface area contributed by atoms with Gasteiger partial charge >= 0.3 is 0 Å². The maximum Gasteiger partial charge on any atom is 0.261 e.